The Bertz CT molecular complexity index is 4770. The fourth-order valence-corrected chi connectivity index (χ4v) is 18.0. The van der Waals surface area contributed by atoms with Gasteiger partial charge in [0.2, 0.25) is 0 Å². The second-order valence-corrected chi connectivity index (χ2v) is 31.2. The number of nitrogens with zero attached hydrogens (tertiary/aromatic N) is 9. The molecule has 6 aliphatic heterocycles. The van der Waals surface area contributed by atoms with Gasteiger partial charge >= 0.3 is 6.18 Å². The van der Waals surface area contributed by atoms with Crippen molar-refractivity contribution in [3.05, 3.63) is 198 Å². The van der Waals surface area contributed by atoms with Crippen molar-refractivity contribution in [3.8, 4) is 0 Å². The van der Waals surface area contributed by atoms with Gasteiger partial charge in [0.25, 0.3) is 30.1 Å². The van der Waals surface area contributed by atoms with Crippen LogP contribution in [0.2, 0.25) is 0 Å². The number of para-hydroxylation sites is 1. The summed E-state index contributed by atoms with van der Waals surface area (Å²) in [5.74, 6) is -0.368. The van der Waals surface area contributed by atoms with Gasteiger partial charge in [0, 0.05) is 147 Å². The first-order chi connectivity index (χ1) is 45.6. The van der Waals surface area contributed by atoms with Gasteiger partial charge in [0.15, 0.2) is 0 Å². The molecule has 0 saturated carbocycles. The molecule has 15 nitrogen and oxygen atoms in total. The fraction of sp³-hybridized carbons (Fsp3) is 0.342. The molecule has 22 heteroatoms. The Kier molecular flexibility index (Phi) is 18.6. The molecule has 9 heterocycles. The highest BCUT2D eigenvalue weighted by Crippen LogP contribution is 2.40. The van der Waals surface area contributed by atoms with Gasteiger partial charge in [-0.15, -0.1) is 0 Å². The summed E-state index contributed by atoms with van der Waals surface area (Å²) >= 11 is 0. The molecule has 498 valence electrons. The lowest BCUT2D eigenvalue weighted by atomic mass is 9.98. The van der Waals surface area contributed by atoms with Crippen LogP contribution in [-0.2, 0) is 36.2 Å². The van der Waals surface area contributed by atoms with Crippen molar-refractivity contribution in [2.45, 2.75) is 78.7 Å². The van der Waals surface area contributed by atoms with E-state index in [2.05, 4.69) is 48.6 Å². The zero-order chi connectivity index (χ0) is 66.4. The van der Waals surface area contributed by atoms with Crippen LogP contribution in [0.5, 0.6) is 0 Å². The van der Waals surface area contributed by atoms with Crippen LogP contribution in [0.25, 0.3) is 49.4 Å². The van der Waals surface area contributed by atoms with Crippen molar-refractivity contribution in [1.82, 2.24) is 26.6 Å². The number of alkyl halides is 3. The van der Waals surface area contributed by atoms with Gasteiger partial charge in [-0.2, -0.15) is 13.2 Å². The van der Waals surface area contributed by atoms with Gasteiger partial charge in [-0.3, -0.25) is 0 Å². The van der Waals surface area contributed by atoms with Crippen molar-refractivity contribution in [2.24, 2.45) is 0 Å². The summed E-state index contributed by atoms with van der Waals surface area (Å²) in [5, 5.41) is 1.92. The van der Waals surface area contributed by atoms with E-state index in [9.17, 15) is 42.8 Å². The monoisotopic (exact) mass is 1350 g/mol. The van der Waals surface area contributed by atoms with Crippen molar-refractivity contribution in [2.75, 3.05) is 114 Å². The number of hydrogen-bond acceptors (Lipinski definition) is 12. The first kappa shape index (κ1) is 65.7. The van der Waals surface area contributed by atoms with Crippen molar-refractivity contribution in [1.29, 1.82) is 0 Å². The average Bonchev–Trinajstić information content (AvgIpc) is 1.62. The van der Waals surface area contributed by atoms with E-state index < -0.39 is 41.8 Å². The molecule has 6 aliphatic rings. The molecule has 15 rings (SSSR count). The number of likely N-dealkylation sites (N-methyl/N-ethyl adjacent to an activating group) is 3. The smallest absolute Gasteiger partial charge is 0.372 e. The van der Waals surface area contributed by atoms with Crippen LogP contribution in [-0.4, -0.2) is 152 Å². The summed E-state index contributed by atoms with van der Waals surface area (Å²) in [7, 11) is -5.37. The topological polar surface area (TPSA) is 137 Å². The second kappa shape index (κ2) is 26.9. The minimum Gasteiger partial charge on any atom is -0.372 e. The molecule has 0 atom stereocenters. The van der Waals surface area contributed by atoms with Crippen LogP contribution in [0.4, 0.5) is 34.6 Å². The number of hydrogen-bond donors (Lipinski definition) is 0. The highest BCUT2D eigenvalue weighted by Gasteiger charge is 2.33. The minimum atomic E-state index is -4.51. The van der Waals surface area contributed by atoms with E-state index in [-0.39, 0.29) is 21.1 Å². The first-order valence-electron chi connectivity index (χ1n) is 32.7. The number of aromatic nitrogens is 3. The molecule has 0 amide bonds. The molecule has 3 saturated heterocycles. The Morgan fingerprint density at radius 1 is 0.368 bits per heavy atom. The number of benzene rings is 6. The van der Waals surface area contributed by atoms with Crippen LogP contribution < -0.4 is 14.7 Å². The van der Waals surface area contributed by atoms with Crippen LogP contribution in [0.15, 0.2) is 185 Å². The molecule has 95 heavy (non-hydrogen) atoms. The Morgan fingerprint density at radius 3 is 1.04 bits per heavy atom. The quantitative estimate of drug-likeness (QED) is 0.108. The van der Waals surface area contributed by atoms with E-state index in [1.54, 1.807) is 60.8 Å². The third-order valence-corrected chi connectivity index (χ3v) is 24.4. The molecule has 0 N–H and O–H groups in total. The van der Waals surface area contributed by atoms with Crippen LogP contribution in [0.3, 0.4) is 0 Å². The SMILES string of the molecule is CN1CC=C(c2cn(S(=O)(=O)c3ccc(N4CCCC4)cc3)c3ccc(C(F)(F)F)cc23)CC1.CN1CC=C(c2cn(S(=O)(=O)c3ccc(N4CCCC4)cc3)c3ccc(F)cc23)CC1.CN1CC=C(c2cn(S(=O)(=O)c3ccc(N4CCCC4)cc3)c3ccccc23)CC1. The van der Waals surface area contributed by atoms with Gasteiger partial charge in [-0.25, -0.2) is 41.6 Å². The van der Waals surface area contributed by atoms with E-state index >= 15 is 0 Å². The molecular weight excluding hydrogens is 1270 g/mol. The summed E-state index contributed by atoms with van der Waals surface area (Å²) in [6.07, 6.45) is 16.0. The Hall–Kier alpha value is -7.99. The van der Waals surface area contributed by atoms with Crippen LogP contribution >= 0.6 is 0 Å². The van der Waals surface area contributed by atoms with Gasteiger partial charge < -0.3 is 29.4 Å². The predicted octanol–water partition coefficient (Wildman–Crippen LogP) is 13.8. The zero-order valence-corrected chi connectivity index (χ0v) is 56.2. The maximum absolute atomic E-state index is 14.1. The van der Waals surface area contributed by atoms with Crippen molar-refractivity contribution >= 4 is 96.6 Å². The summed E-state index contributed by atoms with van der Waals surface area (Å²) in [4.78, 5) is 14.0. The maximum Gasteiger partial charge on any atom is 0.416 e. The molecule has 0 radical (unpaired) electrons. The highest BCUT2D eigenvalue weighted by molar-refractivity contribution is 7.90. The third-order valence-electron chi connectivity index (χ3n) is 19.4. The molecule has 9 aromatic rings. The lowest BCUT2D eigenvalue weighted by Gasteiger charge is -2.21. The predicted molar refractivity (Wildman–Crippen MR) is 372 cm³/mol. The summed E-state index contributed by atoms with van der Waals surface area (Å²) < 4.78 is 140. The zero-order valence-electron chi connectivity index (χ0n) is 53.7. The van der Waals surface area contributed by atoms with E-state index in [0.717, 1.165) is 164 Å². The van der Waals surface area contributed by atoms with Gasteiger partial charge in [-0.1, -0.05) is 36.4 Å². The number of anilines is 3. The molecule has 3 fully saturated rings. The minimum absolute atomic E-state index is 0.108. The Morgan fingerprint density at radius 2 is 0.695 bits per heavy atom. The number of fused-ring (bicyclic) bond motifs is 3. The lowest BCUT2D eigenvalue weighted by molar-refractivity contribution is -0.137. The lowest BCUT2D eigenvalue weighted by Crippen LogP contribution is -2.23. The maximum atomic E-state index is 14.1. The first-order valence-corrected chi connectivity index (χ1v) is 37.0. The second-order valence-electron chi connectivity index (χ2n) is 25.7. The van der Waals surface area contributed by atoms with Gasteiger partial charge in [-0.05, 0) is 211 Å². The summed E-state index contributed by atoms with van der Waals surface area (Å²) in [5.41, 5.74) is 9.30. The number of rotatable bonds is 12. The van der Waals surface area contributed by atoms with E-state index in [0.29, 0.717) is 39.7 Å². The van der Waals surface area contributed by atoms with E-state index in [1.165, 1.54) is 63.6 Å². The molecule has 3 aromatic heterocycles. The van der Waals surface area contributed by atoms with Crippen molar-refractivity contribution < 1.29 is 42.8 Å². The van der Waals surface area contributed by atoms with Gasteiger partial charge in [0.05, 0.1) is 36.8 Å². The van der Waals surface area contributed by atoms with E-state index in [4.69, 9.17) is 0 Å². The normalized spacial score (nSPS) is 18.1. The average molecular weight is 1350 g/mol. The van der Waals surface area contributed by atoms with Gasteiger partial charge in [0.1, 0.15) is 5.82 Å². The molecule has 6 aromatic carbocycles. The van der Waals surface area contributed by atoms with Crippen molar-refractivity contribution in [3.63, 3.8) is 0 Å². The molecule has 0 unspecified atom stereocenters. The molecule has 0 aliphatic carbocycles. The Balaban J connectivity index is 0.000000129. The summed E-state index contributed by atoms with van der Waals surface area (Å²) in [6.45, 7) is 11.0. The highest BCUT2D eigenvalue weighted by atomic mass is 32.2. The largest absolute Gasteiger partial charge is 0.416 e. The molecular formula is C73H79F4N9O6S3. The molecule has 0 bridgehead atoms. The summed E-state index contributed by atoms with van der Waals surface area (Å²) in [6, 6.07) is 36.6. The number of halogens is 4. The third kappa shape index (κ3) is 13.5. The standard InChI is InChI=1S/C25H26F3N3O2S.C24H26FN3O2S.C24H27N3O2S/c1-29-14-10-18(11-15-29)23-17-31(24-9-4-19(16-22(23)24)25(26,27)28)34(32,33)21-7-5-20(6-8-21)30-12-2-3-13-30;1-26-14-10-18(11-15-26)23-17-28(24-9-4-19(25)16-22(23)24)31(29,30)21-7-5-20(6-8-21)27-12-2-3-13-27;1-25-16-12-19(13-17-25)23-18-27(24-7-3-2-6-22(23)24)30(28,29)21-10-8-20(9-11-21)26-14-4-5-15-26/h4-10,16-17H,2-3,11-15H2,1H3;4-10,16-17H,2-3,11-15H2,1H3;2-3,6-12,18H,4-5,13-17H2,1H3. The van der Waals surface area contributed by atoms with Crippen LogP contribution in [0.1, 0.15) is 80.0 Å². The van der Waals surface area contributed by atoms with Crippen LogP contribution in [0, 0.1) is 5.82 Å². The Labute approximate surface area is 554 Å². The fourth-order valence-electron chi connectivity index (χ4n) is 13.9. The van der Waals surface area contributed by atoms with E-state index in [1.807, 2.05) is 74.9 Å². The molecule has 0 spiro atoms.